The summed E-state index contributed by atoms with van der Waals surface area (Å²) in [6.45, 7) is 0. The molecule has 43 valence electrons. The summed E-state index contributed by atoms with van der Waals surface area (Å²) in [4.78, 5) is 0. The largest absolute Gasteiger partial charge is 0.151 e. The Labute approximate surface area is 57.8 Å². The predicted molar refractivity (Wildman–Crippen MR) is 40.7 cm³/mol. The molecule has 0 unspecified atom stereocenters. The minimum Gasteiger partial charge on any atom is -0.151 e. The number of rotatable bonds is 0. The molecule has 0 aliphatic rings. The van der Waals surface area contributed by atoms with Gasteiger partial charge in [-0.2, -0.15) is 11.3 Å². The highest BCUT2D eigenvalue weighted by Gasteiger charge is 1.88. The minimum atomic E-state index is 1.22. The minimum absolute atomic E-state index is 1.22. The molecule has 1 aromatic carbocycles. The molecule has 1 heterocycles. The highest BCUT2D eigenvalue weighted by Crippen LogP contribution is 2.16. The molecule has 0 amide bonds. The maximum Gasteiger partial charge on any atom is 0.000205 e. The molecular weight excluding hydrogens is 128 g/mol. The molecule has 9 heavy (non-hydrogen) atoms. The number of fused-ring (bicyclic) bond motifs is 1. The molecule has 0 bridgehead atoms. The van der Waals surface area contributed by atoms with Crippen molar-refractivity contribution in [2.75, 3.05) is 0 Å². The van der Waals surface area contributed by atoms with Crippen LogP contribution in [0.25, 0.3) is 10.8 Å². The van der Waals surface area contributed by atoms with Crippen molar-refractivity contribution in [2.45, 2.75) is 0 Å². The molecule has 0 aliphatic carbocycles. The van der Waals surface area contributed by atoms with Crippen LogP contribution in [0.2, 0.25) is 0 Å². The van der Waals surface area contributed by atoms with Crippen molar-refractivity contribution in [1.29, 1.82) is 0 Å². The van der Waals surface area contributed by atoms with Crippen molar-refractivity contribution in [1.82, 2.24) is 0 Å². The van der Waals surface area contributed by atoms with Crippen LogP contribution in [0.4, 0.5) is 0 Å². The van der Waals surface area contributed by atoms with Crippen molar-refractivity contribution in [3.05, 3.63) is 35.0 Å². The molecule has 1 heteroatoms. The van der Waals surface area contributed by atoms with E-state index in [1.54, 1.807) is 11.3 Å². The first kappa shape index (κ1) is 5.00. The summed E-state index contributed by atoms with van der Waals surface area (Å²) in [6.07, 6.45) is 0. The second-order valence-electron chi connectivity index (χ2n) is 1.91. The number of hydrogen-bond donors (Lipinski definition) is 0. The van der Waals surface area contributed by atoms with E-state index in [4.69, 9.17) is 0 Å². The second-order valence-corrected chi connectivity index (χ2v) is 2.65. The van der Waals surface area contributed by atoms with Gasteiger partial charge in [-0.25, -0.2) is 0 Å². The lowest BCUT2D eigenvalue weighted by Crippen LogP contribution is -1.58. The van der Waals surface area contributed by atoms with Gasteiger partial charge in [0.25, 0.3) is 0 Å². The Morgan fingerprint density at radius 3 is 3.22 bits per heavy atom. The first-order chi connectivity index (χ1) is 4.47. The average molecular weight is 133 g/mol. The zero-order chi connectivity index (χ0) is 6.10. The third-order valence-corrected chi connectivity index (χ3v) is 2.06. The van der Waals surface area contributed by atoms with E-state index in [0.29, 0.717) is 0 Å². The molecule has 0 N–H and O–H groups in total. The van der Waals surface area contributed by atoms with Gasteiger partial charge in [0.1, 0.15) is 0 Å². The molecule has 2 rings (SSSR count). The normalized spacial score (nSPS) is 10.2. The lowest BCUT2D eigenvalue weighted by atomic mass is 10.2. The van der Waals surface area contributed by atoms with Gasteiger partial charge in [-0.15, -0.1) is 0 Å². The molecule has 0 saturated carbocycles. The maximum absolute atomic E-state index is 3.14. The number of thiophene rings is 1. The first-order valence-electron chi connectivity index (χ1n) is 2.79. The lowest BCUT2D eigenvalue weighted by molar-refractivity contribution is 1.83. The summed E-state index contributed by atoms with van der Waals surface area (Å²) >= 11 is 1.72. The van der Waals surface area contributed by atoms with Gasteiger partial charge in [-0.1, -0.05) is 18.2 Å². The summed E-state index contributed by atoms with van der Waals surface area (Å²) < 4.78 is 0. The highest BCUT2D eigenvalue weighted by molar-refractivity contribution is 7.09. The van der Waals surface area contributed by atoms with Gasteiger partial charge in [0, 0.05) is 5.39 Å². The summed E-state index contributed by atoms with van der Waals surface area (Å²) in [5.74, 6) is 0. The molecule has 2 aromatic rings. The van der Waals surface area contributed by atoms with Crippen LogP contribution in [-0.4, -0.2) is 0 Å². The Morgan fingerprint density at radius 2 is 2.33 bits per heavy atom. The standard InChI is InChI=1S/C8H5S/c1-2-4-8-6-9-5-7(8)3-1/h1-3,5-6H. The summed E-state index contributed by atoms with van der Waals surface area (Å²) in [5.41, 5.74) is 0. The van der Waals surface area contributed by atoms with E-state index in [1.807, 2.05) is 12.1 Å². The van der Waals surface area contributed by atoms with E-state index < -0.39 is 0 Å². The van der Waals surface area contributed by atoms with E-state index in [0.717, 1.165) is 0 Å². The highest BCUT2D eigenvalue weighted by atomic mass is 32.1. The zero-order valence-electron chi connectivity index (χ0n) is 4.79. The Morgan fingerprint density at radius 1 is 1.33 bits per heavy atom. The number of benzene rings is 1. The first-order valence-corrected chi connectivity index (χ1v) is 3.74. The van der Waals surface area contributed by atoms with Crippen LogP contribution in [0.5, 0.6) is 0 Å². The van der Waals surface area contributed by atoms with E-state index >= 15 is 0 Å². The fourth-order valence-corrected chi connectivity index (χ4v) is 1.60. The van der Waals surface area contributed by atoms with Gasteiger partial charge in [0.05, 0.1) is 0 Å². The molecule has 0 aliphatic heterocycles. The van der Waals surface area contributed by atoms with Gasteiger partial charge in [-0.05, 0) is 22.2 Å². The summed E-state index contributed by atoms with van der Waals surface area (Å²) in [5, 5.41) is 6.76. The SMILES string of the molecule is [c]1cccc2cscc12. The zero-order valence-corrected chi connectivity index (χ0v) is 5.61. The van der Waals surface area contributed by atoms with Crippen LogP contribution in [-0.2, 0) is 0 Å². The second kappa shape index (κ2) is 1.85. The van der Waals surface area contributed by atoms with Gasteiger partial charge < -0.3 is 0 Å². The van der Waals surface area contributed by atoms with Crippen LogP contribution in [0.1, 0.15) is 0 Å². The molecule has 0 saturated heterocycles. The van der Waals surface area contributed by atoms with Crippen molar-refractivity contribution < 1.29 is 0 Å². The Kier molecular flexibility index (Phi) is 1.03. The Hall–Kier alpha value is -0.820. The van der Waals surface area contributed by atoms with E-state index in [9.17, 15) is 0 Å². The molecular formula is C8H5S. The van der Waals surface area contributed by atoms with Crippen LogP contribution >= 0.6 is 11.3 Å². The lowest BCUT2D eigenvalue weighted by Gasteiger charge is -1.81. The topological polar surface area (TPSA) is 0 Å². The molecule has 0 spiro atoms. The summed E-state index contributed by atoms with van der Waals surface area (Å²) in [7, 11) is 0. The van der Waals surface area contributed by atoms with E-state index in [1.165, 1.54) is 10.8 Å². The van der Waals surface area contributed by atoms with Crippen LogP contribution < -0.4 is 0 Å². The Bertz CT molecular complexity index is 279. The fourth-order valence-electron chi connectivity index (χ4n) is 0.843. The van der Waals surface area contributed by atoms with Crippen LogP contribution in [0.3, 0.4) is 0 Å². The van der Waals surface area contributed by atoms with Gasteiger partial charge in [-0.3, -0.25) is 0 Å². The van der Waals surface area contributed by atoms with Gasteiger partial charge >= 0.3 is 0 Å². The van der Waals surface area contributed by atoms with Crippen LogP contribution in [0.15, 0.2) is 29.0 Å². The average Bonchev–Trinajstić information content (AvgIpc) is 2.33. The van der Waals surface area contributed by atoms with Crippen molar-refractivity contribution in [2.24, 2.45) is 0 Å². The molecule has 0 atom stereocenters. The van der Waals surface area contributed by atoms with Crippen molar-refractivity contribution >= 4 is 22.1 Å². The maximum atomic E-state index is 3.14. The van der Waals surface area contributed by atoms with Gasteiger partial charge in [0.15, 0.2) is 0 Å². The third kappa shape index (κ3) is 0.736. The van der Waals surface area contributed by atoms with Crippen molar-refractivity contribution in [3.63, 3.8) is 0 Å². The number of hydrogen-bond acceptors (Lipinski definition) is 1. The molecule has 1 radical (unpaired) electrons. The Balaban J connectivity index is 2.95. The molecule has 0 nitrogen and oxygen atoms in total. The fraction of sp³-hybridized carbons (Fsp3) is 0. The van der Waals surface area contributed by atoms with E-state index in [-0.39, 0.29) is 0 Å². The van der Waals surface area contributed by atoms with Crippen LogP contribution in [0, 0.1) is 6.07 Å². The smallest absolute Gasteiger partial charge is 0.000205 e. The predicted octanol–water partition coefficient (Wildman–Crippen LogP) is 2.70. The quantitative estimate of drug-likeness (QED) is 0.518. The monoisotopic (exact) mass is 133 g/mol. The van der Waals surface area contributed by atoms with E-state index in [2.05, 4.69) is 22.9 Å². The van der Waals surface area contributed by atoms with Crippen molar-refractivity contribution in [3.8, 4) is 0 Å². The van der Waals surface area contributed by atoms with Gasteiger partial charge in [0.2, 0.25) is 0 Å². The molecule has 0 fully saturated rings. The summed E-state index contributed by atoms with van der Waals surface area (Å²) in [6, 6.07) is 9.19. The third-order valence-electron chi connectivity index (χ3n) is 1.30. The molecule has 1 aromatic heterocycles.